The molecule has 2 heterocycles. The molecule has 1 fully saturated rings. The molecule has 134 valence electrons. The lowest BCUT2D eigenvalue weighted by molar-refractivity contribution is -0.384. The van der Waals surface area contributed by atoms with Crippen LogP contribution in [0.1, 0.15) is 19.1 Å². The number of aliphatic hydroxyl groups is 1. The predicted octanol–water partition coefficient (Wildman–Crippen LogP) is 3.07. The van der Waals surface area contributed by atoms with Crippen LogP contribution in [-0.4, -0.2) is 41.2 Å². The van der Waals surface area contributed by atoms with Crippen LogP contribution in [0, 0.1) is 16.0 Å². The van der Waals surface area contributed by atoms with Gasteiger partial charge in [-0.2, -0.15) is 0 Å². The highest BCUT2D eigenvalue weighted by Crippen LogP contribution is 2.34. The normalized spacial score (nSPS) is 19.1. The summed E-state index contributed by atoms with van der Waals surface area (Å²) in [5.41, 5.74) is 0.385. The fourth-order valence-electron chi connectivity index (χ4n) is 3.23. The zero-order valence-electron chi connectivity index (χ0n) is 14.3. The predicted molar refractivity (Wildman–Crippen MR) is 92.4 cm³/mol. The van der Waals surface area contributed by atoms with Crippen molar-refractivity contribution in [3.63, 3.8) is 0 Å². The van der Waals surface area contributed by atoms with Crippen LogP contribution in [0.4, 0.5) is 5.69 Å². The van der Waals surface area contributed by atoms with Crippen LogP contribution in [-0.2, 0) is 6.54 Å². The van der Waals surface area contributed by atoms with Crippen LogP contribution in [0.3, 0.4) is 0 Å². The highest BCUT2D eigenvalue weighted by molar-refractivity contribution is 5.71. The Morgan fingerprint density at radius 1 is 1.44 bits per heavy atom. The van der Waals surface area contributed by atoms with Crippen molar-refractivity contribution in [3.05, 3.63) is 46.2 Å². The van der Waals surface area contributed by atoms with Crippen molar-refractivity contribution >= 4 is 5.69 Å². The fraction of sp³-hybridized carbons (Fsp3) is 0.444. The number of methoxy groups -OCH3 is 1. The van der Waals surface area contributed by atoms with Crippen LogP contribution in [0.25, 0.3) is 11.3 Å². The lowest BCUT2D eigenvalue weighted by atomic mass is 10.0. The van der Waals surface area contributed by atoms with Gasteiger partial charge in [-0.15, -0.1) is 0 Å². The number of hydrogen-bond acceptors (Lipinski definition) is 6. The van der Waals surface area contributed by atoms with Crippen molar-refractivity contribution in [1.82, 2.24) is 4.90 Å². The summed E-state index contributed by atoms with van der Waals surface area (Å²) in [4.78, 5) is 13.1. The van der Waals surface area contributed by atoms with E-state index in [1.807, 2.05) is 13.0 Å². The van der Waals surface area contributed by atoms with Crippen molar-refractivity contribution < 1.29 is 19.2 Å². The van der Waals surface area contributed by atoms with Crippen LogP contribution in [0.5, 0.6) is 5.75 Å². The number of nitro groups is 1. The molecule has 1 aliphatic rings. The number of aliphatic hydroxyl groups excluding tert-OH is 1. The molecule has 2 aromatic rings. The Labute approximate surface area is 146 Å². The summed E-state index contributed by atoms with van der Waals surface area (Å²) in [5, 5.41) is 21.0. The number of nitro benzene ring substituents is 1. The van der Waals surface area contributed by atoms with E-state index < -0.39 is 4.92 Å². The molecule has 7 nitrogen and oxygen atoms in total. The molecular formula is C18H22N2O5. The van der Waals surface area contributed by atoms with Gasteiger partial charge in [-0.05, 0) is 50.1 Å². The minimum Gasteiger partial charge on any atom is -0.497 e. The second-order valence-electron chi connectivity index (χ2n) is 6.43. The molecule has 0 amide bonds. The second kappa shape index (κ2) is 7.25. The van der Waals surface area contributed by atoms with E-state index in [-0.39, 0.29) is 17.7 Å². The Morgan fingerprint density at radius 2 is 2.24 bits per heavy atom. The highest BCUT2D eigenvalue weighted by Gasteiger charge is 2.27. The maximum atomic E-state index is 11.3. The SMILES string of the molecule is COc1ccc(-c2ccc(CN3CCC(C(C)O)C3)o2)c([N+](=O)[O-])c1. The van der Waals surface area contributed by atoms with E-state index in [0.717, 1.165) is 25.3 Å². The standard InChI is InChI=1S/C18H22N2O5/c1-12(21)13-7-8-19(10-13)11-15-4-6-18(25-15)16-5-3-14(24-2)9-17(16)20(22)23/h3-6,9,12-13,21H,7-8,10-11H2,1-2H3. The molecule has 0 radical (unpaired) electrons. The second-order valence-corrected chi connectivity index (χ2v) is 6.43. The van der Waals surface area contributed by atoms with Gasteiger partial charge in [0.05, 0.1) is 36.3 Å². The number of benzene rings is 1. The van der Waals surface area contributed by atoms with Crippen LogP contribution >= 0.6 is 0 Å². The Bertz CT molecular complexity index is 756. The molecule has 0 spiro atoms. The first kappa shape index (κ1) is 17.4. The summed E-state index contributed by atoms with van der Waals surface area (Å²) in [5.74, 6) is 1.95. The quantitative estimate of drug-likeness (QED) is 0.639. The van der Waals surface area contributed by atoms with E-state index in [2.05, 4.69) is 4.90 Å². The molecule has 3 rings (SSSR count). The molecule has 7 heteroatoms. The maximum absolute atomic E-state index is 11.3. The molecule has 0 aliphatic carbocycles. The number of hydrogen-bond donors (Lipinski definition) is 1. The Morgan fingerprint density at radius 3 is 2.88 bits per heavy atom. The van der Waals surface area contributed by atoms with Crippen molar-refractivity contribution in [3.8, 4) is 17.1 Å². The van der Waals surface area contributed by atoms with E-state index >= 15 is 0 Å². The van der Waals surface area contributed by atoms with E-state index in [9.17, 15) is 15.2 Å². The Hall–Kier alpha value is -2.38. The zero-order chi connectivity index (χ0) is 18.0. The average molecular weight is 346 g/mol. The number of ether oxygens (including phenoxy) is 1. The number of rotatable bonds is 6. The van der Waals surface area contributed by atoms with Gasteiger partial charge in [0.15, 0.2) is 0 Å². The first-order chi connectivity index (χ1) is 12.0. The molecule has 0 bridgehead atoms. The molecule has 2 atom stereocenters. The molecular weight excluding hydrogens is 324 g/mol. The third kappa shape index (κ3) is 3.83. The maximum Gasteiger partial charge on any atom is 0.284 e. The van der Waals surface area contributed by atoms with Gasteiger partial charge >= 0.3 is 0 Å². The van der Waals surface area contributed by atoms with Gasteiger partial charge in [0.25, 0.3) is 5.69 Å². The average Bonchev–Trinajstić information content (AvgIpc) is 3.24. The molecule has 1 aromatic carbocycles. The third-order valence-electron chi connectivity index (χ3n) is 4.70. The van der Waals surface area contributed by atoms with Crippen LogP contribution < -0.4 is 4.74 Å². The summed E-state index contributed by atoms with van der Waals surface area (Å²) >= 11 is 0. The van der Waals surface area contributed by atoms with Crippen LogP contribution in [0.2, 0.25) is 0 Å². The molecule has 1 N–H and O–H groups in total. The largest absolute Gasteiger partial charge is 0.497 e. The zero-order valence-corrected chi connectivity index (χ0v) is 14.3. The van der Waals surface area contributed by atoms with E-state index in [0.29, 0.717) is 23.6 Å². The van der Waals surface area contributed by atoms with Crippen molar-refractivity contribution in [2.75, 3.05) is 20.2 Å². The van der Waals surface area contributed by atoms with E-state index in [4.69, 9.17) is 9.15 Å². The molecule has 1 saturated heterocycles. The first-order valence-corrected chi connectivity index (χ1v) is 8.30. The van der Waals surface area contributed by atoms with E-state index in [1.54, 1.807) is 18.2 Å². The van der Waals surface area contributed by atoms with Gasteiger partial charge in [0, 0.05) is 6.54 Å². The number of nitrogens with zero attached hydrogens (tertiary/aromatic N) is 2. The Balaban J connectivity index is 1.77. The fourth-order valence-corrected chi connectivity index (χ4v) is 3.23. The van der Waals surface area contributed by atoms with Crippen molar-refractivity contribution in [2.24, 2.45) is 5.92 Å². The van der Waals surface area contributed by atoms with Gasteiger partial charge < -0.3 is 14.3 Å². The van der Waals surface area contributed by atoms with Gasteiger partial charge in [-0.1, -0.05) is 0 Å². The number of furan rings is 1. The summed E-state index contributed by atoms with van der Waals surface area (Å²) in [7, 11) is 1.47. The Kier molecular flexibility index (Phi) is 5.06. The lowest BCUT2D eigenvalue weighted by Crippen LogP contribution is -2.23. The van der Waals surface area contributed by atoms with Gasteiger partial charge in [-0.25, -0.2) is 0 Å². The minimum atomic E-state index is -0.437. The first-order valence-electron chi connectivity index (χ1n) is 8.30. The summed E-state index contributed by atoms with van der Waals surface area (Å²) < 4.78 is 10.9. The third-order valence-corrected chi connectivity index (χ3v) is 4.70. The summed E-state index contributed by atoms with van der Waals surface area (Å²) in [6.45, 7) is 4.19. The molecule has 0 saturated carbocycles. The monoisotopic (exact) mass is 346 g/mol. The highest BCUT2D eigenvalue weighted by atomic mass is 16.6. The molecule has 1 aliphatic heterocycles. The summed E-state index contributed by atoms with van der Waals surface area (Å²) in [6.07, 6.45) is 0.661. The van der Waals surface area contributed by atoms with Gasteiger partial charge in [0.2, 0.25) is 0 Å². The van der Waals surface area contributed by atoms with Crippen molar-refractivity contribution in [1.29, 1.82) is 0 Å². The molecule has 25 heavy (non-hydrogen) atoms. The van der Waals surface area contributed by atoms with Crippen LogP contribution in [0.15, 0.2) is 34.7 Å². The number of likely N-dealkylation sites (tertiary alicyclic amines) is 1. The topological polar surface area (TPSA) is 89.0 Å². The van der Waals surface area contributed by atoms with E-state index in [1.165, 1.54) is 13.2 Å². The lowest BCUT2D eigenvalue weighted by Gasteiger charge is -2.15. The van der Waals surface area contributed by atoms with Gasteiger partial charge in [-0.3, -0.25) is 15.0 Å². The summed E-state index contributed by atoms with van der Waals surface area (Å²) in [6, 6.07) is 8.31. The molecule has 1 aromatic heterocycles. The van der Waals surface area contributed by atoms with Gasteiger partial charge in [0.1, 0.15) is 17.3 Å². The smallest absolute Gasteiger partial charge is 0.284 e. The molecule has 2 unspecified atom stereocenters. The van der Waals surface area contributed by atoms with Crippen molar-refractivity contribution in [2.45, 2.75) is 26.0 Å². The minimum absolute atomic E-state index is 0.0457.